The number of carbonyl (C=O) groups excluding carboxylic acids is 1. The van der Waals surface area contributed by atoms with Crippen molar-refractivity contribution in [3.8, 4) is 0 Å². The van der Waals surface area contributed by atoms with E-state index < -0.39 is 0 Å². The molecule has 25 heavy (non-hydrogen) atoms. The lowest BCUT2D eigenvalue weighted by atomic mass is 9.96. The Morgan fingerprint density at radius 2 is 2.04 bits per heavy atom. The molecule has 7 heteroatoms. The van der Waals surface area contributed by atoms with Gasteiger partial charge >= 0.3 is 0 Å². The van der Waals surface area contributed by atoms with Gasteiger partial charge in [0.2, 0.25) is 11.8 Å². The number of benzene rings is 1. The van der Waals surface area contributed by atoms with Crippen molar-refractivity contribution in [1.29, 1.82) is 0 Å². The maximum atomic E-state index is 13.8. The van der Waals surface area contributed by atoms with Crippen LogP contribution in [0.15, 0.2) is 28.8 Å². The summed E-state index contributed by atoms with van der Waals surface area (Å²) in [7, 11) is 0. The van der Waals surface area contributed by atoms with Crippen molar-refractivity contribution < 1.29 is 13.7 Å². The fraction of sp³-hybridized carbons (Fsp3) is 0.500. The lowest BCUT2D eigenvalue weighted by Crippen LogP contribution is -2.33. The molecule has 2 saturated heterocycles. The maximum Gasteiger partial charge on any atom is 0.249 e. The number of hydrogen-bond acceptors (Lipinski definition) is 5. The molecule has 0 spiro atoms. The summed E-state index contributed by atoms with van der Waals surface area (Å²) in [6.45, 7) is 2.39. The normalized spacial score (nSPS) is 22.3. The maximum absolute atomic E-state index is 13.8. The molecule has 1 amide bonds. The summed E-state index contributed by atoms with van der Waals surface area (Å²) in [5.74, 6) is 1.38. The van der Waals surface area contributed by atoms with Crippen LogP contribution >= 0.6 is 0 Å². The Balaban J connectivity index is 1.34. The van der Waals surface area contributed by atoms with Crippen molar-refractivity contribution in [1.82, 2.24) is 20.4 Å². The molecule has 1 aromatic heterocycles. The van der Waals surface area contributed by atoms with Crippen LogP contribution in [-0.2, 0) is 11.3 Å². The number of likely N-dealkylation sites (tertiary alicyclic amines) is 1. The number of rotatable bonds is 4. The topological polar surface area (TPSA) is 71.3 Å². The van der Waals surface area contributed by atoms with E-state index in [2.05, 4.69) is 20.4 Å². The summed E-state index contributed by atoms with van der Waals surface area (Å²) in [4.78, 5) is 18.1. The molecule has 2 aromatic rings. The highest BCUT2D eigenvalue weighted by Gasteiger charge is 2.30. The minimum atomic E-state index is -0.147. The quantitative estimate of drug-likeness (QED) is 0.923. The number of carbonyl (C=O) groups is 1. The van der Waals surface area contributed by atoms with Gasteiger partial charge in [0.15, 0.2) is 5.82 Å². The lowest BCUT2D eigenvalue weighted by Gasteiger charge is -2.30. The van der Waals surface area contributed by atoms with Crippen molar-refractivity contribution in [2.45, 2.75) is 44.2 Å². The second-order valence-corrected chi connectivity index (χ2v) is 6.79. The highest BCUT2D eigenvalue weighted by molar-refractivity contribution is 5.78. The summed E-state index contributed by atoms with van der Waals surface area (Å²) in [6, 6.07) is 6.78. The predicted molar refractivity (Wildman–Crippen MR) is 88.1 cm³/mol. The van der Waals surface area contributed by atoms with E-state index in [1.54, 1.807) is 6.07 Å². The smallest absolute Gasteiger partial charge is 0.249 e. The molecule has 1 atom stereocenters. The summed E-state index contributed by atoms with van der Waals surface area (Å²) in [6.07, 6.45) is 3.06. The van der Waals surface area contributed by atoms with Crippen LogP contribution < -0.4 is 5.32 Å². The summed E-state index contributed by atoms with van der Waals surface area (Å²) < 4.78 is 19.1. The van der Waals surface area contributed by atoms with Gasteiger partial charge in [-0.25, -0.2) is 4.39 Å². The monoisotopic (exact) mass is 344 g/mol. The van der Waals surface area contributed by atoms with Gasteiger partial charge in [0.25, 0.3) is 0 Å². The van der Waals surface area contributed by atoms with E-state index in [9.17, 15) is 9.18 Å². The second-order valence-electron chi connectivity index (χ2n) is 6.79. The number of amides is 1. The largest absolute Gasteiger partial charge is 0.344 e. The van der Waals surface area contributed by atoms with Gasteiger partial charge in [0.05, 0.1) is 0 Å². The van der Waals surface area contributed by atoms with Gasteiger partial charge in [-0.1, -0.05) is 23.4 Å². The van der Waals surface area contributed by atoms with Gasteiger partial charge in [-0.05, 0) is 38.4 Å². The van der Waals surface area contributed by atoms with E-state index in [1.165, 1.54) is 6.07 Å². The zero-order chi connectivity index (χ0) is 17.2. The molecule has 0 bridgehead atoms. The van der Waals surface area contributed by atoms with Crippen molar-refractivity contribution in [2.75, 3.05) is 13.1 Å². The third-order valence-electron chi connectivity index (χ3n) is 5.06. The first kappa shape index (κ1) is 16.2. The Kier molecular flexibility index (Phi) is 4.48. The summed E-state index contributed by atoms with van der Waals surface area (Å²) >= 11 is 0. The second kappa shape index (κ2) is 6.92. The SMILES string of the molecule is O=C1CC[C@H](c2nc(C3CCN(Cc4ccccc4F)CC3)no2)N1. The van der Waals surface area contributed by atoms with Gasteiger partial charge in [-0.15, -0.1) is 0 Å². The molecule has 132 valence electrons. The molecule has 2 fully saturated rings. The van der Waals surface area contributed by atoms with Crippen LogP contribution in [-0.4, -0.2) is 34.0 Å². The number of halogens is 1. The van der Waals surface area contributed by atoms with Gasteiger partial charge in [-0.3, -0.25) is 9.69 Å². The molecule has 6 nitrogen and oxygen atoms in total. The van der Waals surface area contributed by atoms with E-state index in [-0.39, 0.29) is 23.7 Å². The Bertz CT molecular complexity index is 755. The highest BCUT2D eigenvalue weighted by Crippen LogP contribution is 2.29. The first-order valence-corrected chi connectivity index (χ1v) is 8.77. The van der Waals surface area contributed by atoms with E-state index >= 15 is 0 Å². The fourth-order valence-electron chi connectivity index (χ4n) is 3.57. The minimum Gasteiger partial charge on any atom is -0.344 e. The van der Waals surface area contributed by atoms with Crippen molar-refractivity contribution in [2.24, 2.45) is 0 Å². The van der Waals surface area contributed by atoms with Gasteiger partial charge < -0.3 is 9.84 Å². The Morgan fingerprint density at radius 3 is 2.76 bits per heavy atom. The first-order valence-electron chi connectivity index (χ1n) is 8.77. The molecule has 0 saturated carbocycles. The third-order valence-corrected chi connectivity index (χ3v) is 5.06. The minimum absolute atomic E-state index is 0.0335. The molecule has 1 aromatic carbocycles. The van der Waals surface area contributed by atoms with Gasteiger partial charge in [0.1, 0.15) is 11.9 Å². The first-order chi connectivity index (χ1) is 12.2. The van der Waals surface area contributed by atoms with Crippen LogP contribution in [0.3, 0.4) is 0 Å². The molecule has 0 radical (unpaired) electrons. The molecule has 3 heterocycles. The predicted octanol–water partition coefficient (Wildman–Crippen LogP) is 2.54. The molecule has 2 aliphatic heterocycles. The highest BCUT2D eigenvalue weighted by atomic mass is 19.1. The molecule has 0 unspecified atom stereocenters. The van der Waals surface area contributed by atoms with Crippen LogP contribution in [0.4, 0.5) is 4.39 Å². The van der Waals surface area contributed by atoms with Crippen LogP contribution in [0.25, 0.3) is 0 Å². The Hall–Kier alpha value is -2.28. The number of piperidine rings is 1. The van der Waals surface area contributed by atoms with Crippen LogP contribution in [0.1, 0.15) is 54.9 Å². The van der Waals surface area contributed by atoms with Gasteiger partial charge in [0, 0.05) is 24.4 Å². The molecular weight excluding hydrogens is 323 g/mol. The van der Waals surface area contributed by atoms with Crippen LogP contribution in [0, 0.1) is 5.82 Å². The standard InChI is InChI=1S/C18H21FN4O2/c19-14-4-2-1-3-13(14)11-23-9-7-12(8-10-23)17-21-18(25-22-17)15-5-6-16(24)20-15/h1-4,12,15H,5-11H2,(H,20,24)/t15-/m1/s1. The zero-order valence-corrected chi connectivity index (χ0v) is 13.9. The van der Waals surface area contributed by atoms with E-state index in [0.29, 0.717) is 25.3 Å². The zero-order valence-electron chi connectivity index (χ0n) is 13.9. The van der Waals surface area contributed by atoms with Crippen molar-refractivity contribution in [3.05, 3.63) is 47.4 Å². The Labute approximate surface area is 145 Å². The molecule has 4 rings (SSSR count). The number of hydrogen-bond donors (Lipinski definition) is 1. The van der Waals surface area contributed by atoms with Crippen LogP contribution in [0.2, 0.25) is 0 Å². The fourth-order valence-corrected chi connectivity index (χ4v) is 3.57. The van der Waals surface area contributed by atoms with E-state index in [4.69, 9.17) is 4.52 Å². The number of nitrogens with one attached hydrogen (secondary N) is 1. The van der Waals surface area contributed by atoms with E-state index in [0.717, 1.165) is 37.3 Å². The molecule has 2 aliphatic rings. The Morgan fingerprint density at radius 1 is 1.24 bits per heavy atom. The van der Waals surface area contributed by atoms with E-state index in [1.807, 2.05) is 12.1 Å². The average molecular weight is 344 g/mol. The lowest BCUT2D eigenvalue weighted by molar-refractivity contribution is -0.119. The van der Waals surface area contributed by atoms with Gasteiger partial charge in [-0.2, -0.15) is 4.98 Å². The summed E-state index contributed by atoms with van der Waals surface area (Å²) in [5, 5.41) is 6.96. The van der Waals surface area contributed by atoms with Crippen molar-refractivity contribution >= 4 is 5.91 Å². The van der Waals surface area contributed by atoms with Crippen LogP contribution in [0.5, 0.6) is 0 Å². The molecule has 0 aliphatic carbocycles. The van der Waals surface area contributed by atoms with Crippen molar-refractivity contribution in [3.63, 3.8) is 0 Å². The summed E-state index contributed by atoms with van der Waals surface area (Å²) in [5.41, 5.74) is 0.736. The molecule has 1 N–H and O–H groups in total. The number of nitrogens with zero attached hydrogens (tertiary/aromatic N) is 3. The molecular formula is C18H21FN4O2. The third kappa shape index (κ3) is 3.56. The average Bonchev–Trinajstić information content (AvgIpc) is 3.27. The number of aromatic nitrogens is 2.